The molecule has 0 saturated carbocycles. The molecule has 4 nitrogen and oxygen atoms in total. The Kier molecular flexibility index (Phi) is 4.51. The van der Waals surface area contributed by atoms with E-state index in [1.54, 1.807) is 0 Å². The fourth-order valence-corrected chi connectivity index (χ4v) is 4.15. The molecule has 0 fully saturated rings. The summed E-state index contributed by atoms with van der Waals surface area (Å²) in [6, 6.07) is 2.36. The maximum Gasteiger partial charge on any atom is 0.310 e. The normalized spacial score (nSPS) is 24.5. The van der Waals surface area contributed by atoms with Gasteiger partial charge in [0.1, 0.15) is 16.3 Å². The summed E-state index contributed by atoms with van der Waals surface area (Å²) in [6.45, 7) is 1.04. The minimum Gasteiger partial charge on any atom is -0.369 e. The van der Waals surface area contributed by atoms with Crippen LogP contribution in [0.4, 0.5) is 32.6 Å². The minimum atomic E-state index is -10.00. The van der Waals surface area contributed by atoms with Crippen LogP contribution in [0.5, 0.6) is 0 Å². The van der Waals surface area contributed by atoms with E-state index in [0.717, 1.165) is 18.9 Å². The highest BCUT2D eigenvalue weighted by molar-refractivity contribution is 8.45. The number of guanidine groups is 1. The lowest BCUT2D eigenvalue weighted by Gasteiger charge is -2.42. The lowest BCUT2D eigenvalue weighted by Crippen LogP contribution is -2.53. The molecule has 1 aliphatic rings. The van der Waals surface area contributed by atoms with Gasteiger partial charge in [-0.25, -0.2) is 18.2 Å². The van der Waals surface area contributed by atoms with E-state index in [4.69, 9.17) is 5.73 Å². The molecule has 1 amide bonds. The van der Waals surface area contributed by atoms with Crippen molar-refractivity contribution in [2.24, 2.45) is 10.7 Å². The summed E-state index contributed by atoms with van der Waals surface area (Å²) in [4.78, 5) is 15.4. The molecular weight excluding hydrogens is 458 g/mol. The maximum atomic E-state index is 14.6. The zero-order valence-electron chi connectivity index (χ0n) is 15.9. The summed E-state index contributed by atoms with van der Waals surface area (Å²) < 4.78 is 108. The van der Waals surface area contributed by atoms with Crippen LogP contribution < -0.4 is 5.73 Å². The molecule has 0 bridgehead atoms. The van der Waals surface area contributed by atoms with E-state index < -0.39 is 61.5 Å². The SMILES string of the molecule is CN1C(=O)[C@H](c2ccc(S(F)(F)(F)(F)F)cc2)[C@@](C)(c2c(F)ccc(F)c2F)N=C1N. The molecule has 0 radical (unpaired) electrons. The number of halogens is 8. The second kappa shape index (κ2) is 6.11. The lowest BCUT2D eigenvalue weighted by molar-refractivity contribution is -0.130. The summed E-state index contributed by atoms with van der Waals surface area (Å²) in [7, 11) is -8.85. The number of amides is 1. The van der Waals surface area contributed by atoms with E-state index in [1.807, 2.05) is 0 Å². The second-order valence-electron chi connectivity index (χ2n) is 7.20. The highest BCUT2D eigenvalue weighted by Gasteiger charge is 2.65. The van der Waals surface area contributed by atoms with Crippen LogP contribution in [-0.2, 0) is 10.3 Å². The summed E-state index contributed by atoms with van der Waals surface area (Å²) in [5, 5.41) is 0. The van der Waals surface area contributed by atoms with E-state index >= 15 is 0 Å². The second-order valence-corrected chi connectivity index (χ2v) is 9.61. The average molecular weight is 473 g/mol. The quantitative estimate of drug-likeness (QED) is 0.470. The molecule has 3 rings (SSSR count). The summed E-state index contributed by atoms with van der Waals surface area (Å²) >= 11 is 0. The molecule has 170 valence electrons. The van der Waals surface area contributed by atoms with Crippen LogP contribution in [0.3, 0.4) is 0 Å². The van der Waals surface area contributed by atoms with E-state index in [0.29, 0.717) is 24.3 Å². The van der Waals surface area contributed by atoms with Crippen molar-refractivity contribution >= 4 is 22.1 Å². The molecule has 1 heterocycles. The third kappa shape index (κ3) is 3.82. The first-order chi connectivity index (χ1) is 13.9. The molecule has 0 aliphatic carbocycles. The van der Waals surface area contributed by atoms with Crippen molar-refractivity contribution in [3.8, 4) is 0 Å². The predicted molar refractivity (Wildman–Crippen MR) is 98.6 cm³/mol. The molecule has 1 aliphatic heterocycles. The number of nitrogens with zero attached hydrogens (tertiary/aromatic N) is 2. The molecule has 0 spiro atoms. The Bertz CT molecular complexity index is 1120. The van der Waals surface area contributed by atoms with Gasteiger partial charge in [0.05, 0.1) is 11.5 Å². The number of aliphatic imine (C=N–C) groups is 1. The maximum absolute atomic E-state index is 14.6. The van der Waals surface area contributed by atoms with Crippen molar-refractivity contribution in [2.45, 2.75) is 23.3 Å². The van der Waals surface area contributed by atoms with Crippen molar-refractivity contribution in [3.63, 3.8) is 0 Å². The summed E-state index contributed by atoms with van der Waals surface area (Å²) in [5.74, 6) is -7.57. The molecule has 13 heteroatoms. The largest absolute Gasteiger partial charge is 0.369 e. The number of hydrogen-bond acceptors (Lipinski definition) is 3. The van der Waals surface area contributed by atoms with Gasteiger partial charge in [0.25, 0.3) is 0 Å². The van der Waals surface area contributed by atoms with E-state index in [1.165, 1.54) is 0 Å². The molecule has 2 N–H and O–H groups in total. The Hall–Kier alpha value is -2.83. The van der Waals surface area contributed by atoms with Crippen LogP contribution in [-0.4, -0.2) is 23.8 Å². The first kappa shape index (κ1) is 22.8. The van der Waals surface area contributed by atoms with Gasteiger partial charge in [0.2, 0.25) is 5.91 Å². The number of rotatable bonds is 3. The molecule has 2 aromatic rings. The van der Waals surface area contributed by atoms with Gasteiger partial charge in [-0.15, -0.1) is 0 Å². The minimum absolute atomic E-state index is 0.0601. The number of nitrogens with two attached hydrogens (primary N) is 1. The number of likely N-dealkylation sites (N-methyl/N-ethyl adjacent to an activating group) is 1. The van der Waals surface area contributed by atoms with Gasteiger partial charge < -0.3 is 5.73 Å². The van der Waals surface area contributed by atoms with Gasteiger partial charge in [-0.1, -0.05) is 31.6 Å². The number of carbonyl (C=O) groups excluding carboxylic acids is 1. The molecule has 0 unspecified atom stereocenters. The average Bonchev–Trinajstić information content (AvgIpc) is 2.62. The van der Waals surface area contributed by atoms with E-state index in [2.05, 4.69) is 4.99 Å². The van der Waals surface area contributed by atoms with Gasteiger partial charge >= 0.3 is 10.2 Å². The third-order valence-electron chi connectivity index (χ3n) is 5.04. The summed E-state index contributed by atoms with van der Waals surface area (Å²) in [6.07, 6.45) is 0. The molecular formula is C18H15F8N3OS. The van der Waals surface area contributed by atoms with Gasteiger partial charge in [-0.3, -0.25) is 9.69 Å². The molecule has 2 atom stereocenters. The van der Waals surface area contributed by atoms with Crippen molar-refractivity contribution in [2.75, 3.05) is 7.05 Å². The zero-order chi connectivity index (χ0) is 23.6. The van der Waals surface area contributed by atoms with Crippen LogP contribution >= 0.6 is 10.2 Å². The number of benzene rings is 2. The van der Waals surface area contributed by atoms with E-state index in [-0.39, 0.29) is 17.7 Å². The smallest absolute Gasteiger partial charge is 0.310 e. The van der Waals surface area contributed by atoms with Gasteiger partial charge in [0.15, 0.2) is 17.6 Å². The van der Waals surface area contributed by atoms with Crippen LogP contribution in [0.2, 0.25) is 0 Å². The fraction of sp³-hybridized carbons (Fsp3) is 0.222. The van der Waals surface area contributed by atoms with Gasteiger partial charge in [-0.05, 0) is 36.8 Å². The fourth-order valence-electron chi connectivity index (χ4n) is 3.50. The number of carbonyl (C=O) groups is 1. The Balaban J connectivity index is 2.27. The van der Waals surface area contributed by atoms with Crippen LogP contribution in [0, 0.1) is 17.5 Å². The summed E-state index contributed by atoms with van der Waals surface area (Å²) in [5.41, 5.74) is 2.11. The molecule has 31 heavy (non-hydrogen) atoms. The Morgan fingerprint density at radius 2 is 1.48 bits per heavy atom. The monoisotopic (exact) mass is 473 g/mol. The predicted octanol–water partition coefficient (Wildman–Crippen LogP) is 5.55. The van der Waals surface area contributed by atoms with Crippen molar-refractivity contribution < 1.29 is 37.4 Å². The lowest BCUT2D eigenvalue weighted by atomic mass is 9.74. The Labute approximate surface area is 171 Å². The van der Waals surface area contributed by atoms with Crippen molar-refractivity contribution in [3.05, 3.63) is 65.0 Å². The highest BCUT2D eigenvalue weighted by atomic mass is 32.5. The van der Waals surface area contributed by atoms with Crippen LogP contribution in [0.25, 0.3) is 0 Å². The zero-order valence-corrected chi connectivity index (χ0v) is 16.7. The first-order valence-electron chi connectivity index (χ1n) is 8.48. The molecule has 0 aromatic heterocycles. The van der Waals surface area contributed by atoms with E-state index in [9.17, 15) is 37.4 Å². The standard InChI is InChI=1S/C18H15F8N3OS/c1-18(14-11(19)7-8-12(20)15(14)21)13(16(30)29(2)17(27)28-18)9-3-5-10(6-4-9)31(22,23,24,25)26/h3-8,13H,1-2H3,(H2,27,28)/t13-,18-/m0/s1. The molecule has 0 saturated heterocycles. The van der Waals surface area contributed by atoms with Crippen LogP contribution in [0.15, 0.2) is 46.3 Å². The molecule has 2 aromatic carbocycles. The topological polar surface area (TPSA) is 58.7 Å². The number of hydrogen-bond donors (Lipinski definition) is 1. The van der Waals surface area contributed by atoms with Crippen molar-refractivity contribution in [1.82, 2.24) is 4.90 Å². The third-order valence-corrected chi connectivity index (χ3v) is 6.20. The Morgan fingerprint density at radius 1 is 0.968 bits per heavy atom. The first-order valence-corrected chi connectivity index (χ1v) is 10.4. The van der Waals surface area contributed by atoms with Crippen LogP contribution in [0.1, 0.15) is 24.0 Å². The van der Waals surface area contributed by atoms with Gasteiger partial charge in [-0.2, -0.15) is 0 Å². The Morgan fingerprint density at radius 3 is 2.00 bits per heavy atom. The van der Waals surface area contributed by atoms with Gasteiger partial charge in [0, 0.05) is 7.05 Å². The highest BCUT2D eigenvalue weighted by Crippen LogP contribution is 3.02. The van der Waals surface area contributed by atoms with Crippen molar-refractivity contribution in [1.29, 1.82) is 0 Å².